The van der Waals surface area contributed by atoms with Crippen molar-refractivity contribution in [2.45, 2.75) is 12.8 Å². The summed E-state index contributed by atoms with van der Waals surface area (Å²) in [6.07, 6.45) is 4.37. The Morgan fingerprint density at radius 1 is 1.20 bits per heavy atom. The highest BCUT2D eigenvalue weighted by molar-refractivity contribution is 5.65. The number of likely N-dealkylation sites (tertiary alicyclic amines) is 1. The number of hydrogen-bond donors (Lipinski definition) is 4. The second kappa shape index (κ2) is 6.76. The summed E-state index contributed by atoms with van der Waals surface area (Å²) < 4.78 is 1.22. The van der Waals surface area contributed by atoms with Gasteiger partial charge in [0.15, 0.2) is 0 Å². The van der Waals surface area contributed by atoms with Crippen LogP contribution in [0.1, 0.15) is 12.8 Å². The molecule has 20 heavy (non-hydrogen) atoms. The van der Waals surface area contributed by atoms with E-state index in [1.54, 1.807) is 12.3 Å². The molecule has 6 N–H and O–H groups in total. The maximum absolute atomic E-state index is 5.83. The average Bonchev–Trinajstić information content (AvgIpc) is 2.83. The zero-order valence-corrected chi connectivity index (χ0v) is 12.4. The van der Waals surface area contributed by atoms with E-state index >= 15 is 0 Å². The van der Waals surface area contributed by atoms with Gasteiger partial charge in [-0.05, 0) is 6.07 Å². The fourth-order valence-electron chi connectivity index (χ4n) is 2.71. The zero-order valence-electron chi connectivity index (χ0n) is 12.4. The number of nitrogens with two attached hydrogens (primary N) is 2. The van der Waals surface area contributed by atoms with Crippen LogP contribution in [0.3, 0.4) is 0 Å². The van der Waals surface area contributed by atoms with E-state index in [1.807, 2.05) is 0 Å². The van der Waals surface area contributed by atoms with Crippen LogP contribution in [0.2, 0.25) is 0 Å². The third kappa shape index (κ3) is 4.25. The Kier molecular flexibility index (Phi) is 5.03. The molecular formula is C14H27N6+. The fraction of sp³-hybridized carbons (Fsp3) is 0.643. The molecule has 2 rings (SSSR count). The molecule has 0 unspecified atom stereocenters. The van der Waals surface area contributed by atoms with E-state index in [-0.39, 0.29) is 0 Å². The third-order valence-electron chi connectivity index (χ3n) is 4.01. The number of nitrogens with one attached hydrogen (secondary N) is 2. The summed E-state index contributed by atoms with van der Waals surface area (Å²) in [5, 5.41) is 6.69. The minimum absolute atomic E-state index is 0.591. The lowest BCUT2D eigenvalue weighted by Crippen LogP contribution is -2.45. The van der Waals surface area contributed by atoms with Crippen molar-refractivity contribution in [1.82, 2.24) is 10.3 Å². The van der Waals surface area contributed by atoms with E-state index in [1.165, 1.54) is 37.0 Å². The first-order valence-corrected chi connectivity index (χ1v) is 7.38. The molecule has 0 bridgehead atoms. The van der Waals surface area contributed by atoms with Crippen LogP contribution in [0.5, 0.6) is 0 Å². The van der Waals surface area contributed by atoms with Crippen LogP contribution >= 0.6 is 0 Å². The normalized spacial score (nSPS) is 17.2. The molecule has 1 aliphatic heterocycles. The maximum atomic E-state index is 5.83. The van der Waals surface area contributed by atoms with Crippen LogP contribution in [0.15, 0.2) is 12.3 Å². The minimum atomic E-state index is 0.591. The van der Waals surface area contributed by atoms with Crippen molar-refractivity contribution < 1.29 is 4.48 Å². The van der Waals surface area contributed by atoms with Crippen LogP contribution in [-0.2, 0) is 0 Å². The monoisotopic (exact) mass is 279 g/mol. The molecule has 0 amide bonds. The molecule has 1 aromatic rings. The molecule has 1 fully saturated rings. The third-order valence-corrected chi connectivity index (χ3v) is 4.01. The first-order chi connectivity index (χ1) is 9.59. The Bertz CT molecular complexity index is 428. The lowest BCUT2D eigenvalue weighted by atomic mass is 10.3. The first kappa shape index (κ1) is 14.9. The second-order valence-corrected chi connectivity index (χ2v) is 5.88. The van der Waals surface area contributed by atoms with Gasteiger partial charge < -0.3 is 26.6 Å². The number of anilines is 3. The molecule has 0 spiro atoms. The van der Waals surface area contributed by atoms with Gasteiger partial charge in [0.05, 0.1) is 44.3 Å². The van der Waals surface area contributed by atoms with Gasteiger partial charge in [0.2, 0.25) is 0 Å². The SMILES string of the molecule is C[N+]1(CCNCCNc2ncc(N)cc2N)CCCC1. The molecule has 6 heteroatoms. The smallest absolute Gasteiger partial charge is 0.149 e. The van der Waals surface area contributed by atoms with E-state index in [2.05, 4.69) is 22.7 Å². The van der Waals surface area contributed by atoms with Gasteiger partial charge in [-0.2, -0.15) is 0 Å². The quantitative estimate of drug-likeness (QED) is 0.431. The molecule has 0 aliphatic carbocycles. The van der Waals surface area contributed by atoms with E-state index < -0.39 is 0 Å². The lowest BCUT2D eigenvalue weighted by molar-refractivity contribution is -0.896. The highest BCUT2D eigenvalue weighted by Gasteiger charge is 2.25. The van der Waals surface area contributed by atoms with Crippen molar-refractivity contribution in [2.24, 2.45) is 0 Å². The van der Waals surface area contributed by atoms with Crippen molar-refractivity contribution in [3.63, 3.8) is 0 Å². The van der Waals surface area contributed by atoms with Gasteiger partial charge in [-0.25, -0.2) is 4.98 Å². The molecule has 1 saturated heterocycles. The molecule has 2 heterocycles. The van der Waals surface area contributed by atoms with Crippen molar-refractivity contribution in [3.05, 3.63) is 12.3 Å². The van der Waals surface area contributed by atoms with Crippen molar-refractivity contribution in [2.75, 3.05) is 63.1 Å². The number of nitrogens with zero attached hydrogens (tertiary/aromatic N) is 2. The first-order valence-electron chi connectivity index (χ1n) is 7.38. The summed E-state index contributed by atoms with van der Waals surface area (Å²) in [4.78, 5) is 4.18. The summed E-state index contributed by atoms with van der Waals surface area (Å²) in [6.45, 7) is 6.64. The number of likely N-dealkylation sites (N-methyl/N-ethyl adjacent to an activating group) is 1. The van der Waals surface area contributed by atoms with Crippen molar-refractivity contribution >= 4 is 17.2 Å². The van der Waals surface area contributed by atoms with E-state index in [9.17, 15) is 0 Å². The lowest BCUT2D eigenvalue weighted by Gasteiger charge is -2.29. The van der Waals surface area contributed by atoms with Gasteiger partial charge in [-0.3, -0.25) is 0 Å². The van der Waals surface area contributed by atoms with Gasteiger partial charge >= 0.3 is 0 Å². The Morgan fingerprint density at radius 2 is 1.95 bits per heavy atom. The molecule has 0 saturated carbocycles. The Morgan fingerprint density at radius 3 is 2.65 bits per heavy atom. The predicted octanol–water partition coefficient (Wildman–Crippen LogP) is 0.488. The molecular weight excluding hydrogens is 252 g/mol. The van der Waals surface area contributed by atoms with E-state index in [0.717, 1.165) is 19.6 Å². The largest absolute Gasteiger partial charge is 0.397 e. The topological polar surface area (TPSA) is 89.0 Å². The standard InChI is InChI=1S/C14H27N6/c1-20(7-2-3-8-20)9-6-17-4-5-18-14-13(16)10-12(15)11-19-14/h10-11,17H,2-9,15-16H2,1H3,(H,18,19)/q+1. The molecule has 0 aromatic carbocycles. The summed E-state index contributed by atoms with van der Waals surface area (Å²) in [5.74, 6) is 0.708. The second-order valence-electron chi connectivity index (χ2n) is 5.88. The van der Waals surface area contributed by atoms with Gasteiger partial charge in [0.25, 0.3) is 0 Å². The molecule has 0 atom stereocenters. The van der Waals surface area contributed by atoms with E-state index in [0.29, 0.717) is 17.2 Å². The average molecular weight is 279 g/mol. The Labute approximate surface area is 121 Å². The van der Waals surface area contributed by atoms with Crippen LogP contribution in [0, 0.1) is 0 Å². The van der Waals surface area contributed by atoms with Gasteiger partial charge in [0.1, 0.15) is 5.82 Å². The molecule has 112 valence electrons. The fourth-order valence-corrected chi connectivity index (χ4v) is 2.71. The van der Waals surface area contributed by atoms with Crippen LogP contribution in [-0.4, -0.2) is 55.8 Å². The minimum Gasteiger partial charge on any atom is -0.397 e. The van der Waals surface area contributed by atoms with Gasteiger partial charge in [0, 0.05) is 32.5 Å². The molecule has 1 aromatic heterocycles. The Hall–Kier alpha value is -1.53. The number of rotatable bonds is 7. The number of aromatic nitrogens is 1. The highest BCUT2D eigenvalue weighted by Crippen LogP contribution is 2.17. The number of hydrogen-bond acceptors (Lipinski definition) is 5. The number of quaternary nitrogens is 1. The Balaban J connectivity index is 1.59. The summed E-state index contributed by atoms with van der Waals surface area (Å²) in [5.41, 5.74) is 12.6. The predicted molar refractivity (Wildman–Crippen MR) is 84.4 cm³/mol. The van der Waals surface area contributed by atoms with Crippen LogP contribution in [0.25, 0.3) is 0 Å². The van der Waals surface area contributed by atoms with Crippen LogP contribution in [0.4, 0.5) is 17.2 Å². The molecule has 1 aliphatic rings. The maximum Gasteiger partial charge on any atom is 0.149 e. The summed E-state index contributed by atoms with van der Waals surface area (Å²) in [7, 11) is 2.35. The van der Waals surface area contributed by atoms with Crippen molar-refractivity contribution in [1.29, 1.82) is 0 Å². The summed E-state index contributed by atoms with van der Waals surface area (Å²) in [6, 6.07) is 1.72. The van der Waals surface area contributed by atoms with Crippen molar-refractivity contribution in [3.8, 4) is 0 Å². The van der Waals surface area contributed by atoms with Gasteiger partial charge in [-0.15, -0.1) is 0 Å². The summed E-state index contributed by atoms with van der Waals surface area (Å²) >= 11 is 0. The number of pyridine rings is 1. The molecule has 6 nitrogen and oxygen atoms in total. The van der Waals surface area contributed by atoms with E-state index in [4.69, 9.17) is 11.5 Å². The van der Waals surface area contributed by atoms with Crippen LogP contribution < -0.4 is 22.1 Å². The van der Waals surface area contributed by atoms with Gasteiger partial charge in [-0.1, -0.05) is 0 Å². The number of nitrogen functional groups attached to an aromatic ring is 2. The zero-order chi connectivity index (χ0) is 14.4. The highest BCUT2D eigenvalue weighted by atomic mass is 15.3. The molecule has 0 radical (unpaired) electrons.